The minimum atomic E-state index is -3.77. The third-order valence-corrected chi connectivity index (χ3v) is 8.12. The Hall–Kier alpha value is -3.46. The second-order valence-electron chi connectivity index (χ2n) is 9.77. The Morgan fingerprint density at radius 1 is 0.917 bits per heavy atom. The summed E-state index contributed by atoms with van der Waals surface area (Å²) in [6.07, 6.45) is 2.28. The van der Waals surface area contributed by atoms with Gasteiger partial charge in [-0.2, -0.15) is 4.31 Å². The van der Waals surface area contributed by atoms with Gasteiger partial charge in [-0.25, -0.2) is 8.42 Å². The number of para-hydroxylation sites is 1. The molecule has 0 radical (unpaired) electrons. The van der Waals surface area contributed by atoms with Gasteiger partial charge in [0.15, 0.2) is 0 Å². The molecular formula is C28H32N3O4S+. The third kappa shape index (κ3) is 5.67. The maximum absolute atomic E-state index is 13.8. The molecule has 3 aromatic carbocycles. The van der Waals surface area contributed by atoms with Crippen molar-refractivity contribution in [2.75, 3.05) is 27.7 Å². The highest BCUT2D eigenvalue weighted by Crippen LogP contribution is 2.26. The van der Waals surface area contributed by atoms with E-state index in [0.717, 1.165) is 27.7 Å². The molecule has 0 fully saturated rings. The molecule has 1 N–H and O–H groups in total. The molecule has 0 unspecified atom stereocenters. The predicted octanol–water partition coefficient (Wildman–Crippen LogP) is 4.36. The fourth-order valence-electron chi connectivity index (χ4n) is 4.33. The Morgan fingerprint density at radius 2 is 1.56 bits per heavy atom. The normalized spacial score (nSPS) is 12.3. The fraction of sp³-hybridized carbons (Fsp3) is 0.250. The summed E-state index contributed by atoms with van der Waals surface area (Å²) in [7, 11) is 2.33. The molecule has 36 heavy (non-hydrogen) atoms. The molecule has 188 valence electrons. The summed E-state index contributed by atoms with van der Waals surface area (Å²) < 4.78 is 31.3. The second kappa shape index (κ2) is 10.3. The Kier molecular flexibility index (Phi) is 7.31. The summed E-state index contributed by atoms with van der Waals surface area (Å²) in [5.41, 5.74) is 3.65. The molecule has 4 aromatic rings. The van der Waals surface area contributed by atoms with Crippen molar-refractivity contribution >= 4 is 32.6 Å². The molecule has 0 bridgehead atoms. The molecule has 4 rings (SSSR count). The molecule has 0 aliphatic carbocycles. The van der Waals surface area contributed by atoms with Gasteiger partial charge in [0.1, 0.15) is 12.2 Å². The van der Waals surface area contributed by atoms with Crippen molar-refractivity contribution in [1.29, 1.82) is 0 Å². The largest absolute Gasteiger partial charge is 0.480 e. The van der Waals surface area contributed by atoms with Crippen LogP contribution in [0, 0.1) is 0 Å². The van der Waals surface area contributed by atoms with E-state index in [1.165, 1.54) is 4.31 Å². The summed E-state index contributed by atoms with van der Waals surface area (Å²) in [5, 5.41) is 10.2. The van der Waals surface area contributed by atoms with E-state index in [2.05, 4.69) is 0 Å². The van der Waals surface area contributed by atoms with Gasteiger partial charge in [0.2, 0.25) is 10.0 Å². The predicted molar refractivity (Wildman–Crippen MR) is 143 cm³/mol. The first kappa shape index (κ1) is 25.6. The smallest absolute Gasteiger partial charge is 0.323 e. The van der Waals surface area contributed by atoms with Crippen molar-refractivity contribution in [3.63, 3.8) is 0 Å². The number of quaternary nitrogens is 1. The summed E-state index contributed by atoms with van der Waals surface area (Å²) in [6.45, 7) is 0.356. The van der Waals surface area contributed by atoms with Crippen LogP contribution < -0.4 is 4.48 Å². The van der Waals surface area contributed by atoms with E-state index in [4.69, 9.17) is 0 Å². The van der Waals surface area contributed by atoms with E-state index in [1.807, 2.05) is 94.1 Å². The van der Waals surface area contributed by atoms with Gasteiger partial charge in [0, 0.05) is 42.3 Å². The molecule has 0 amide bonds. The number of aromatic nitrogens is 1. The number of hydrogen-bond acceptors (Lipinski definition) is 3. The highest BCUT2D eigenvalue weighted by molar-refractivity contribution is 7.89. The number of aliphatic carboxylic acids is 1. The quantitative estimate of drug-likeness (QED) is 0.324. The number of carbonyl (C=O) groups is 1. The Balaban J connectivity index is 1.66. The van der Waals surface area contributed by atoms with Crippen molar-refractivity contribution in [3.05, 3.63) is 96.2 Å². The van der Waals surface area contributed by atoms with Crippen molar-refractivity contribution in [2.45, 2.75) is 24.4 Å². The van der Waals surface area contributed by atoms with Crippen molar-refractivity contribution < 1.29 is 18.3 Å². The molecule has 7 nitrogen and oxygen atoms in total. The van der Waals surface area contributed by atoms with E-state index < -0.39 is 16.0 Å². The number of hydrogen-bond donors (Lipinski definition) is 1. The lowest BCUT2D eigenvalue weighted by atomic mass is 10.1. The average Bonchev–Trinajstić information content (AvgIpc) is 3.18. The van der Waals surface area contributed by atoms with Gasteiger partial charge in [0.25, 0.3) is 0 Å². The van der Waals surface area contributed by atoms with Crippen LogP contribution in [0.5, 0.6) is 0 Å². The number of sulfonamides is 1. The highest BCUT2D eigenvalue weighted by Gasteiger charge is 2.26. The van der Waals surface area contributed by atoms with Crippen molar-refractivity contribution in [2.24, 2.45) is 0 Å². The molecule has 8 heteroatoms. The molecule has 0 atom stereocenters. The van der Waals surface area contributed by atoms with Gasteiger partial charge in [-0.3, -0.25) is 9.28 Å². The number of rotatable bonds is 10. The van der Waals surface area contributed by atoms with Crippen LogP contribution in [-0.2, 0) is 34.3 Å². The fourth-order valence-corrected chi connectivity index (χ4v) is 5.76. The number of carboxylic acid groups (broad SMARTS) is 1. The highest BCUT2D eigenvalue weighted by atomic mass is 32.2. The lowest BCUT2D eigenvalue weighted by Crippen LogP contribution is -2.35. The number of fused-ring (bicyclic) bond motifs is 1. The SMILES string of the molecule is C[N+](C)(C)c1ccc(S(=O)(=O)N(CCc2cn(CC(=O)O)c3ccccc23)Cc2ccccc2)cc1. The van der Waals surface area contributed by atoms with Crippen LogP contribution in [0.3, 0.4) is 0 Å². The van der Waals surface area contributed by atoms with Gasteiger partial charge >= 0.3 is 5.97 Å². The topological polar surface area (TPSA) is 79.6 Å². The zero-order chi connectivity index (χ0) is 25.9. The van der Waals surface area contributed by atoms with E-state index >= 15 is 0 Å². The van der Waals surface area contributed by atoms with E-state index in [-0.39, 0.29) is 24.5 Å². The lowest BCUT2D eigenvalue weighted by molar-refractivity contribution is -0.137. The van der Waals surface area contributed by atoms with E-state index in [0.29, 0.717) is 10.9 Å². The van der Waals surface area contributed by atoms with Gasteiger partial charge in [-0.15, -0.1) is 0 Å². The molecular weight excluding hydrogens is 474 g/mol. The molecule has 0 spiro atoms. The maximum atomic E-state index is 13.8. The van der Waals surface area contributed by atoms with Crippen LogP contribution in [0.2, 0.25) is 0 Å². The van der Waals surface area contributed by atoms with Gasteiger partial charge in [-0.1, -0.05) is 48.5 Å². The standard InChI is InChI=1S/C28H31N3O4S/c1-31(2,3)24-13-15-25(16-14-24)36(34,35)30(19-22-9-5-4-6-10-22)18-17-23-20-29(21-28(32)33)27-12-8-7-11-26(23)27/h4-16,20H,17-19,21H2,1-3H3/p+1. The number of nitrogens with zero attached hydrogens (tertiary/aromatic N) is 3. The van der Waals surface area contributed by atoms with Crippen LogP contribution >= 0.6 is 0 Å². The first-order valence-electron chi connectivity index (χ1n) is 11.8. The first-order chi connectivity index (χ1) is 17.1. The Bertz CT molecular complexity index is 1450. The number of benzene rings is 3. The summed E-state index contributed by atoms with van der Waals surface area (Å²) in [6, 6.07) is 24.2. The maximum Gasteiger partial charge on any atom is 0.323 e. The van der Waals surface area contributed by atoms with Crippen LogP contribution in [0.4, 0.5) is 5.69 Å². The van der Waals surface area contributed by atoms with Gasteiger partial charge in [0.05, 0.1) is 26.0 Å². The van der Waals surface area contributed by atoms with E-state index in [1.54, 1.807) is 16.7 Å². The summed E-state index contributed by atoms with van der Waals surface area (Å²) in [5.74, 6) is -0.923. The van der Waals surface area contributed by atoms with Crippen LogP contribution in [0.15, 0.2) is 90.0 Å². The molecule has 0 aliphatic heterocycles. The molecule has 0 aliphatic rings. The van der Waals surface area contributed by atoms with Crippen molar-refractivity contribution in [1.82, 2.24) is 13.4 Å². The zero-order valence-electron chi connectivity index (χ0n) is 20.8. The molecule has 1 aromatic heterocycles. The second-order valence-corrected chi connectivity index (χ2v) is 11.7. The lowest BCUT2D eigenvalue weighted by Gasteiger charge is -2.25. The molecule has 0 saturated carbocycles. The minimum absolute atomic E-state index is 0.148. The van der Waals surface area contributed by atoms with Crippen LogP contribution in [-0.4, -0.2) is 56.1 Å². The average molecular weight is 507 g/mol. The first-order valence-corrected chi connectivity index (χ1v) is 13.2. The zero-order valence-corrected chi connectivity index (χ0v) is 21.6. The van der Waals surface area contributed by atoms with Crippen LogP contribution in [0.1, 0.15) is 11.1 Å². The Labute approximate surface area is 212 Å². The Morgan fingerprint density at radius 3 is 2.19 bits per heavy atom. The minimum Gasteiger partial charge on any atom is -0.480 e. The number of carboxylic acids is 1. The summed E-state index contributed by atoms with van der Waals surface area (Å²) >= 11 is 0. The third-order valence-electron chi connectivity index (χ3n) is 6.26. The van der Waals surface area contributed by atoms with E-state index in [9.17, 15) is 18.3 Å². The van der Waals surface area contributed by atoms with Crippen LogP contribution in [0.25, 0.3) is 10.9 Å². The van der Waals surface area contributed by atoms with Gasteiger partial charge < -0.3 is 9.67 Å². The molecule has 0 saturated heterocycles. The molecule has 1 heterocycles. The van der Waals surface area contributed by atoms with Gasteiger partial charge in [-0.05, 0) is 35.7 Å². The van der Waals surface area contributed by atoms with Crippen molar-refractivity contribution in [3.8, 4) is 0 Å². The summed E-state index contributed by atoms with van der Waals surface area (Å²) in [4.78, 5) is 11.6. The monoisotopic (exact) mass is 506 g/mol.